The highest BCUT2D eigenvalue weighted by atomic mass is 79.9. The number of hydrogen-bond acceptors (Lipinski definition) is 5. The van der Waals surface area contributed by atoms with Crippen LogP contribution in [0.3, 0.4) is 0 Å². The summed E-state index contributed by atoms with van der Waals surface area (Å²) in [5.41, 5.74) is 1.48. The van der Waals surface area contributed by atoms with Gasteiger partial charge in [-0.3, -0.25) is 10.1 Å². The van der Waals surface area contributed by atoms with Crippen molar-refractivity contribution in [1.29, 1.82) is 0 Å². The Balaban J connectivity index is 2.26. The fourth-order valence-corrected chi connectivity index (χ4v) is 2.32. The smallest absolute Gasteiger partial charge is 0.258 e. The van der Waals surface area contributed by atoms with Crippen LogP contribution in [0.1, 0.15) is 15.9 Å². The van der Waals surface area contributed by atoms with Gasteiger partial charge in [-0.15, -0.1) is 0 Å². The van der Waals surface area contributed by atoms with Crippen LogP contribution in [-0.2, 0) is 0 Å². The average molecular weight is 352 g/mol. The molecule has 1 heterocycles. The summed E-state index contributed by atoms with van der Waals surface area (Å²) in [6.45, 7) is 1.91. The van der Waals surface area contributed by atoms with E-state index in [2.05, 4.69) is 31.2 Å². The third-order valence-electron chi connectivity index (χ3n) is 2.63. The quantitative estimate of drug-likeness (QED) is 0.916. The molecule has 1 aromatic carbocycles. The molecule has 1 N–H and O–H groups in total. The van der Waals surface area contributed by atoms with Crippen LogP contribution < -0.4 is 14.8 Å². The van der Waals surface area contributed by atoms with E-state index in [9.17, 15) is 4.79 Å². The van der Waals surface area contributed by atoms with Crippen LogP contribution in [0.5, 0.6) is 11.8 Å². The standard InChI is InChI=1S/C14H14BrN3O3/c1-8-4-9(6-10(15)5-8)13(19)18-14-16-11(20-2)7-12(17-14)21-3/h4-7H,1-3H3,(H,16,17,18,19). The normalized spacial score (nSPS) is 10.1. The van der Waals surface area contributed by atoms with Gasteiger partial charge in [-0.2, -0.15) is 9.97 Å². The van der Waals surface area contributed by atoms with E-state index in [1.165, 1.54) is 20.3 Å². The van der Waals surface area contributed by atoms with Crippen LogP contribution in [0, 0.1) is 6.92 Å². The Morgan fingerprint density at radius 3 is 2.24 bits per heavy atom. The van der Waals surface area contributed by atoms with Gasteiger partial charge in [-0.1, -0.05) is 15.9 Å². The molecule has 6 nitrogen and oxygen atoms in total. The SMILES string of the molecule is COc1cc(OC)nc(NC(=O)c2cc(C)cc(Br)c2)n1. The van der Waals surface area contributed by atoms with Crippen molar-refractivity contribution in [3.63, 3.8) is 0 Å². The molecule has 1 amide bonds. The average Bonchev–Trinajstić information content (AvgIpc) is 2.45. The third-order valence-corrected chi connectivity index (χ3v) is 3.08. The Kier molecular flexibility index (Phi) is 4.74. The number of aromatic nitrogens is 2. The number of nitrogens with one attached hydrogen (secondary N) is 1. The first-order valence-electron chi connectivity index (χ1n) is 6.07. The number of anilines is 1. The molecule has 2 aromatic rings. The maximum atomic E-state index is 12.2. The van der Waals surface area contributed by atoms with E-state index in [0.717, 1.165) is 10.0 Å². The van der Waals surface area contributed by atoms with Gasteiger partial charge in [0.05, 0.1) is 20.3 Å². The highest BCUT2D eigenvalue weighted by Gasteiger charge is 2.11. The molecule has 0 saturated heterocycles. The highest BCUT2D eigenvalue weighted by molar-refractivity contribution is 9.10. The van der Waals surface area contributed by atoms with Gasteiger partial charge in [-0.05, 0) is 30.7 Å². The minimum Gasteiger partial charge on any atom is -0.481 e. The van der Waals surface area contributed by atoms with Gasteiger partial charge in [0.15, 0.2) is 0 Å². The number of carbonyl (C=O) groups is 1. The summed E-state index contributed by atoms with van der Waals surface area (Å²) in [6, 6.07) is 6.94. The summed E-state index contributed by atoms with van der Waals surface area (Å²) in [7, 11) is 2.95. The molecule has 21 heavy (non-hydrogen) atoms. The predicted octanol–water partition coefficient (Wildman–Crippen LogP) is 2.82. The van der Waals surface area contributed by atoms with Gasteiger partial charge < -0.3 is 9.47 Å². The van der Waals surface area contributed by atoms with Crippen LogP contribution in [0.4, 0.5) is 5.95 Å². The number of aryl methyl sites for hydroxylation is 1. The van der Waals surface area contributed by atoms with Crippen molar-refractivity contribution < 1.29 is 14.3 Å². The number of methoxy groups -OCH3 is 2. The van der Waals surface area contributed by atoms with E-state index >= 15 is 0 Å². The van der Waals surface area contributed by atoms with Crippen LogP contribution in [0.2, 0.25) is 0 Å². The maximum absolute atomic E-state index is 12.2. The fourth-order valence-electron chi connectivity index (χ4n) is 1.71. The van der Waals surface area contributed by atoms with Crippen molar-refractivity contribution >= 4 is 27.8 Å². The lowest BCUT2D eigenvalue weighted by molar-refractivity contribution is 0.102. The minimum absolute atomic E-state index is 0.119. The zero-order valence-electron chi connectivity index (χ0n) is 11.8. The van der Waals surface area contributed by atoms with E-state index in [0.29, 0.717) is 17.3 Å². The number of ether oxygens (including phenoxy) is 2. The first-order chi connectivity index (χ1) is 10.0. The number of benzene rings is 1. The third kappa shape index (κ3) is 3.91. The molecular weight excluding hydrogens is 338 g/mol. The van der Waals surface area contributed by atoms with Crippen LogP contribution in [0.15, 0.2) is 28.7 Å². The molecule has 0 aliphatic heterocycles. The molecule has 0 fully saturated rings. The van der Waals surface area contributed by atoms with E-state index in [1.807, 2.05) is 13.0 Å². The molecule has 0 aliphatic rings. The number of nitrogens with zero attached hydrogens (tertiary/aromatic N) is 2. The number of rotatable bonds is 4. The number of halogens is 1. The molecule has 0 atom stereocenters. The molecular formula is C14H14BrN3O3. The molecule has 110 valence electrons. The van der Waals surface area contributed by atoms with Crippen molar-refractivity contribution in [2.45, 2.75) is 6.92 Å². The summed E-state index contributed by atoms with van der Waals surface area (Å²) in [6.07, 6.45) is 0. The summed E-state index contributed by atoms with van der Waals surface area (Å²) in [4.78, 5) is 20.3. The lowest BCUT2D eigenvalue weighted by Crippen LogP contribution is -2.15. The Hall–Kier alpha value is -2.15. The summed E-state index contributed by atoms with van der Waals surface area (Å²) < 4.78 is 10.9. The number of carbonyl (C=O) groups excluding carboxylic acids is 1. The van der Waals surface area contributed by atoms with Crippen molar-refractivity contribution in [3.05, 3.63) is 39.9 Å². The van der Waals surface area contributed by atoms with Crippen LogP contribution >= 0.6 is 15.9 Å². The van der Waals surface area contributed by atoms with E-state index in [4.69, 9.17) is 9.47 Å². The summed E-state index contributed by atoms with van der Waals surface area (Å²) in [5.74, 6) is 0.425. The molecule has 0 radical (unpaired) electrons. The minimum atomic E-state index is -0.310. The Labute approximate surface area is 130 Å². The predicted molar refractivity (Wildman–Crippen MR) is 82.0 cm³/mol. The highest BCUT2D eigenvalue weighted by Crippen LogP contribution is 2.19. The Morgan fingerprint density at radius 2 is 1.71 bits per heavy atom. The van der Waals surface area contributed by atoms with E-state index < -0.39 is 0 Å². The van der Waals surface area contributed by atoms with Gasteiger partial charge in [-0.25, -0.2) is 0 Å². The molecule has 1 aromatic heterocycles. The summed E-state index contributed by atoms with van der Waals surface area (Å²) >= 11 is 3.36. The molecule has 0 saturated carbocycles. The van der Waals surface area contributed by atoms with E-state index in [-0.39, 0.29) is 11.9 Å². The summed E-state index contributed by atoms with van der Waals surface area (Å²) in [5, 5.41) is 2.62. The molecule has 2 rings (SSSR count). The van der Waals surface area contributed by atoms with E-state index in [1.54, 1.807) is 12.1 Å². The molecule has 0 spiro atoms. The number of amides is 1. The van der Waals surface area contributed by atoms with Gasteiger partial charge in [0.2, 0.25) is 17.7 Å². The molecule has 0 aliphatic carbocycles. The second kappa shape index (κ2) is 6.53. The van der Waals surface area contributed by atoms with Crippen LogP contribution in [0.25, 0.3) is 0 Å². The topological polar surface area (TPSA) is 73.3 Å². The fraction of sp³-hybridized carbons (Fsp3) is 0.214. The van der Waals surface area contributed by atoms with Crippen molar-refractivity contribution in [2.24, 2.45) is 0 Å². The largest absolute Gasteiger partial charge is 0.481 e. The number of hydrogen-bond donors (Lipinski definition) is 1. The first-order valence-corrected chi connectivity index (χ1v) is 6.86. The lowest BCUT2D eigenvalue weighted by atomic mass is 10.1. The van der Waals surface area contributed by atoms with Gasteiger partial charge in [0.25, 0.3) is 5.91 Å². The van der Waals surface area contributed by atoms with Crippen molar-refractivity contribution in [2.75, 3.05) is 19.5 Å². The second-order valence-corrected chi connectivity index (χ2v) is 5.16. The maximum Gasteiger partial charge on any atom is 0.258 e. The molecule has 7 heteroatoms. The van der Waals surface area contributed by atoms with Crippen molar-refractivity contribution in [1.82, 2.24) is 9.97 Å². The monoisotopic (exact) mass is 351 g/mol. The van der Waals surface area contributed by atoms with Crippen LogP contribution in [-0.4, -0.2) is 30.1 Å². The Morgan fingerprint density at radius 1 is 1.10 bits per heavy atom. The van der Waals surface area contributed by atoms with Crippen molar-refractivity contribution in [3.8, 4) is 11.8 Å². The van der Waals surface area contributed by atoms with Gasteiger partial charge >= 0.3 is 0 Å². The lowest BCUT2D eigenvalue weighted by Gasteiger charge is -2.08. The van der Waals surface area contributed by atoms with Gasteiger partial charge in [0, 0.05) is 10.0 Å². The first kappa shape index (κ1) is 15.2. The second-order valence-electron chi connectivity index (χ2n) is 4.25. The van der Waals surface area contributed by atoms with Gasteiger partial charge in [0.1, 0.15) is 0 Å². The zero-order valence-corrected chi connectivity index (χ0v) is 13.4. The molecule has 0 unspecified atom stereocenters. The zero-order chi connectivity index (χ0) is 15.4. The molecule has 0 bridgehead atoms. The Bertz CT molecular complexity index is 634.